The molecule has 1 atom stereocenters. The summed E-state index contributed by atoms with van der Waals surface area (Å²) in [6.45, 7) is 2.09. The van der Waals surface area contributed by atoms with Gasteiger partial charge in [-0.1, -0.05) is 24.3 Å². The van der Waals surface area contributed by atoms with Crippen LogP contribution in [0.4, 0.5) is 0 Å². The van der Waals surface area contributed by atoms with E-state index in [0.717, 1.165) is 24.8 Å². The van der Waals surface area contributed by atoms with Crippen LogP contribution in [0.3, 0.4) is 0 Å². The maximum absolute atomic E-state index is 12.9. The summed E-state index contributed by atoms with van der Waals surface area (Å²) in [5.41, 5.74) is 2.31. The van der Waals surface area contributed by atoms with Crippen molar-refractivity contribution >= 4 is 11.9 Å². The molecule has 1 fully saturated rings. The lowest BCUT2D eigenvalue weighted by atomic mass is 9.95. The second-order valence-corrected chi connectivity index (χ2v) is 6.59. The van der Waals surface area contributed by atoms with E-state index in [1.807, 2.05) is 18.2 Å². The Morgan fingerprint density at radius 3 is 2.68 bits per heavy atom. The minimum atomic E-state index is -0.885. The number of carbonyl (C=O) groups is 2. The van der Waals surface area contributed by atoms with Gasteiger partial charge in [-0.2, -0.15) is 0 Å². The molecule has 3 rings (SSSR count). The SMILES string of the molecule is O=C(O)CCN(C(=O)C[C@@H]1OCCc2ccccc21)C1CCOCC1. The number of ether oxygens (including phenoxy) is 2. The van der Waals surface area contributed by atoms with Crippen LogP contribution in [0.5, 0.6) is 0 Å². The first-order valence-electron chi connectivity index (χ1n) is 8.93. The highest BCUT2D eigenvalue weighted by atomic mass is 16.5. The molecule has 6 heteroatoms. The summed E-state index contributed by atoms with van der Waals surface area (Å²) in [4.78, 5) is 25.7. The van der Waals surface area contributed by atoms with Crippen molar-refractivity contribution in [1.29, 1.82) is 0 Å². The van der Waals surface area contributed by atoms with Crippen LogP contribution < -0.4 is 0 Å². The van der Waals surface area contributed by atoms with Crippen molar-refractivity contribution in [3.63, 3.8) is 0 Å². The molecule has 0 bridgehead atoms. The summed E-state index contributed by atoms with van der Waals surface area (Å²) in [5, 5.41) is 9.01. The van der Waals surface area contributed by atoms with Gasteiger partial charge in [-0.15, -0.1) is 0 Å². The first-order valence-corrected chi connectivity index (χ1v) is 8.93. The number of amides is 1. The molecule has 1 amide bonds. The Labute approximate surface area is 147 Å². The van der Waals surface area contributed by atoms with Crippen LogP contribution in [0.25, 0.3) is 0 Å². The van der Waals surface area contributed by atoms with Crippen molar-refractivity contribution in [2.75, 3.05) is 26.4 Å². The van der Waals surface area contributed by atoms with Gasteiger partial charge >= 0.3 is 5.97 Å². The van der Waals surface area contributed by atoms with Gasteiger partial charge in [0.2, 0.25) is 5.91 Å². The third-order valence-electron chi connectivity index (χ3n) is 4.97. The number of aliphatic carboxylic acids is 1. The minimum absolute atomic E-state index is 0.0325. The van der Waals surface area contributed by atoms with Gasteiger partial charge in [0.05, 0.1) is 25.6 Å². The number of carboxylic acid groups (broad SMARTS) is 1. The normalized spacial score (nSPS) is 20.7. The fourth-order valence-corrected chi connectivity index (χ4v) is 3.65. The molecule has 1 saturated heterocycles. The zero-order chi connectivity index (χ0) is 17.6. The van der Waals surface area contributed by atoms with Crippen molar-refractivity contribution in [1.82, 2.24) is 4.90 Å². The van der Waals surface area contributed by atoms with Crippen molar-refractivity contribution in [2.24, 2.45) is 0 Å². The first-order chi connectivity index (χ1) is 12.1. The van der Waals surface area contributed by atoms with E-state index in [2.05, 4.69) is 6.07 Å². The van der Waals surface area contributed by atoms with Crippen molar-refractivity contribution in [2.45, 2.75) is 44.2 Å². The molecule has 0 radical (unpaired) electrons. The number of hydrogen-bond donors (Lipinski definition) is 1. The molecule has 0 aromatic heterocycles. The van der Waals surface area contributed by atoms with Gasteiger partial charge in [0.1, 0.15) is 0 Å². The molecule has 0 saturated carbocycles. The summed E-state index contributed by atoms with van der Waals surface area (Å²) >= 11 is 0. The number of nitrogens with zero attached hydrogens (tertiary/aromatic N) is 1. The van der Waals surface area contributed by atoms with E-state index in [-0.39, 0.29) is 37.4 Å². The summed E-state index contributed by atoms with van der Waals surface area (Å²) in [5.74, 6) is -0.918. The summed E-state index contributed by atoms with van der Waals surface area (Å²) < 4.78 is 11.2. The quantitative estimate of drug-likeness (QED) is 0.853. The molecule has 2 heterocycles. The van der Waals surface area contributed by atoms with E-state index < -0.39 is 5.97 Å². The number of carboxylic acids is 1. The van der Waals surface area contributed by atoms with Gasteiger partial charge in [-0.25, -0.2) is 0 Å². The smallest absolute Gasteiger partial charge is 0.305 e. The number of carbonyl (C=O) groups excluding carboxylic acids is 1. The topological polar surface area (TPSA) is 76.1 Å². The Hall–Kier alpha value is -1.92. The van der Waals surface area contributed by atoms with Gasteiger partial charge in [0, 0.05) is 25.8 Å². The molecular formula is C19H25NO5. The highest BCUT2D eigenvalue weighted by Crippen LogP contribution is 2.30. The maximum atomic E-state index is 12.9. The number of rotatable bonds is 6. The first kappa shape index (κ1) is 17.9. The number of hydrogen-bond acceptors (Lipinski definition) is 4. The van der Waals surface area contributed by atoms with E-state index in [9.17, 15) is 9.59 Å². The average Bonchev–Trinajstić information content (AvgIpc) is 2.63. The average molecular weight is 347 g/mol. The molecule has 6 nitrogen and oxygen atoms in total. The Bertz CT molecular complexity index is 612. The van der Waals surface area contributed by atoms with E-state index in [4.69, 9.17) is 14.6 Å². The lowest BCUT2D eigenvalue weighted by molar-refractivity contribution is -0.142. The number of fused-ring (bicyclic) bond motifs is 1. The molecule has 1 N–H and O–H groups in total. The molecular weight excluding hydrogens is 322 g/mol. The van der Waals surface area contributed by atoms with Crippen LogP contribution in [0.2, 0.25) is 0 Å². The van der Waals surface area contributed by atoms with Crippen LogP contribution >= 0.6 is 0 Å². The highest BCUT2D eigenvalue weighted by molar-refractivity contribution is 5.78. The van der Waals surface area contributed by atoms with Crippen LogP contribution in [0.15, 0.2) is 24.3 Å². The van der Waals surface area contributed by atoms with Crippen LogP contribution in [-0.2, 0) is 25.5 Å². The maximum Gasteiger partial charge on any atom is 0.305 e. The molecule has 0 spiro atoms. The molecule has 2 aliphatic heterocycles. The van der Waals surface area contributed by atoms with E-state index in [1.54, 1.807) is 4.90 Å². The lowest BCUT2D eigenvalue weighted by Gasteiger charge is -2.35. The summed E-state index contributed by atoms with van der Waals surface area (Å²) in [6, 6.07) is 8.12. The fraction of sp³-hybridized carbons (Fsp3) is 0.579. The van der Waals surface area contributed by atoms with Crippen LogP contribution in [-0.4, -0.2) is 54.3 Å². The van der Waals surface area contributed by atoms with Gasteiger partial charge in [-0.3, -0.25) is 9.59 Å². The Balaban J connectivity index is 1.70. The largest absolute Gasteiger partial charge is 0.481 e. The predicted octanol–water partition coefficient (Wildman–Crippen LogP) is 2.17. The monoisotopic (exact) mass is 347 g/mol. The molecule has 2 aliphatic rings. The Morgan fingerprint density at radius 2 is 1.92 bits per heavy atom. The van der Waals surface area contributed by atoms with Crippen molar-refractivity contribution in [3.05, 3.63) is 35.4 Å². The Kier molecular flexibility index (Phi) is 6.04. The molecule has 136 valence electrons. The van der Waals surface area contributed by atoms with Gasteiger partial charge < -0.3 is 19.5 Å². The zero-order valence-electron chi connectivity index (χ0n) is 14.4. The molecule has 0 aliphatic carbocycles. The molecule has 1 aromatic carbocycles. The van der Waals surface area contributed by atoms with Gasteiger partial charge in [0.25, 0.3) is 0 Å². The van der Waals surface area contributed by atoms with Crippen molar-refractivity contribution in [3.8, 4) is 0 Å². The third-order valence-corrected chi connectivity index (χ3v) is 4.97. The second kappa shape index (κ2) is 8.45. The predicted molar refractivity (Wildman–Crippen MR) is 91.3 cm³/mol. The minimum Gasteiger partial charge on any atom is -0.481 e. The molecule has 25 heavy (non-hydrogen) atoms. The van der Waals surface area contributed by atoms with Crippen LogP contribution in [0.1, 0.15) is 42.9 Å². The zero-order valence-corrected chi connectivity index (χ0v) is 14.4. The van der Waals surface area contributed by atoms with E-state index >= 15 is 0 Å². The van der Waals surface area contributed by atoms with Gasteiger partial charge in [0.15, 0.2) is 0 Å². The summed E-state index contributed by atoms with van der Waals surface area (Å²) in [7, 11) is 0. The van der Waals surface area contributed by atoms with Crippen LogP contribution in [0, 0.1) is 0 Å². The molecule has 0 unspecified atom stereocenters. The standard InChI is InChI=1S/C19H25NO5/c21-18(13-17-16-4-2-1-3-14(16)6-12-25-17)20(9-5-19(22)23)15-7-10-24-11-8-15/h1-4,15,17H,5-13H2,(H,22,23)/t17-/m0/s1. The Morgan fingerprint density at radius 1 is 1.16 bits per heavy atom. The fourth-order valence-electron chi connectivity index (χ4n) is 3.65. The van der Waals surface area contributed by atoms with E-state index in [1.165, 1.54) is 5.56 Å². The van der Waals surface area contributed by atoms with Crippen molar-refractivity contribution < 1.29 is 24.2 Å². The third kappa shape index (κ3) is 4.58. The molecule has 1 aromatic rings. The van der Waals surface area contributed by atoms with E-state index in [0.29, 0.717) is 19.8 Å². The summed E-state index contributed by atoms with van der Waals surface area (Å²) in [6.07, 6.45) is 2.36. The number of benzene rings is 1. The highest BCUT2D eigenvalue weighted by Gasteiger charge is 2.30. The lowest BCUT2D eigenvalue weighted by Crippen LogP contribution is -2.45. The second-order valence-electron chi connectivity index (χ2n) is 6.59. The van der Waals surface area contributed by atoms with Gasteiger partial charge in [-0.05, 0) is 30.4 Å².